The monoisotopic (exact) mass is 428 g/mol. The van der Waals surface area contributed by atoms with Crippen molar-refractivity contribution in [2.45, 2.75) is 23.5 Å². The summed E-state index contributed by atoms with van der Waals surface area (Å²) in [4.78, 5) is 13.5. The second-order valence-corrected chi connectivity index (χ2v) is 8.54. The van der Waals surface area contributed by atoms with Gasteiger partial charge >= 0.3 is 12.1 Å². The minimum atomic E-state index is -4.64. The van der Waals surface area contributed by atoms with Gasteiger partial charge in [0.25, 0.3) is 10.0 Å². The normalized spacial score (nSPS) is 17.7. The maximum absolute atomic E-state index is 13.2. The zero-order valence-corrected chi connectivity index (χ0v) is 16.7. The molecular formula is C19H19F3N2O4S. The van der Waals surface area contributed by atoms with Gasteiger partial charge in [-0.3, -0.25) is 9.10 Å². The van der Waals surface area contributed by atoms with Gasteiger partial charge in [0.15, 0.2) is 0 Å². The number of sulfonamides is 1. The maximum atomic E-state index is 13.2. The average Bonchev–Trinajstić information content (AvgIpc) is 2.87. The summed E-state index contributed by atoms with van der Waals surface area (Å²) in [6.07, 6.45) is -5.06. The van der Waals surface area contributed by atoms with Crippen LogP contribution in [0.5, 0.6) is 0 Å². The lowest BCUT2D eigenvalue weighted by Gasteiger charge is -2.25. The molecule has 2 aromatic rings. The minimum absolute atomic E-state index is 0.0816. The summed E-state index contributed by atoms with van der Waals surface area (Å²) in [5.74, 6) is -0.731. The standard InChI is InChI=1S/C19H19F3N2O4S/c1-23(2)13-5-7-14(8-6-13)24-16(11-18(25)28-3)15-10-12(19(20,21)22)4-9-17(15)29(24,26)27/h4-10,16H,11H2,1-3H3/t16-/m0/s1. The fourth-order valence-electron chi connectivity index (χ4n) is 3.27. The van der Waals surface area contributed by atoms with E-state index in [9.17, 15) is 26.4 Å². The second kappa shape index (κ2) is 7.25. The first-order chi connectivity index (χ1) is 13.5. The summed E-state index contributed by atoms with van der Waals surface area (Å²) in [6, 6.07) is 7.77. The molecule has 3 rings (SSSR count). The van der Waals surface area contributed by atoms with Gasteiger partial charge in [0, 0.05) is 19.8 Å². The molecule has 0 amide bonds. The Morgan fingerprint density at radius 1 is 1.14 bits per heavy atom. The molecular weight excluding hydrogens is 409 g/mol. The lowest BCUT2D eigenvalue weighted by Crippen LogP contribution is -2.29. The summed E-state index contributed by atoms with van der Waals surface area (Å²) >= 11 is 0. The zero-order chi connectivity index (χ0) is 21.6. The lowest BCUT2D eigenvalue weighted by molar-refractivity contribution is -0.141. The highest BCUT2D eigenvalue weighted by Gasteiger charge is 2.45. The summed E-state index contributed by atoms with van der Waals surface area (Å²) in [7, 11) is 0.612. The number of ether oxygens (including phenoxy) is 1. The van der Waals surface area contributed by atoms with E-state index in [-0.39, 0.29) is 16.1 Å². The number of alkyl halides is 3. The Balaban J connectivity index is 2.17. The molecule has 10 heteroatoms. The first-order valence-electron chi connectivity index (χ1n) is 8.56. The average molecular weight is 428 g/mol. The number of carbonyl (C=O) groups excluding carboxylic acids is 1. The van der Waals surface area contributed by atoms with E-state index in [0.717, 1.165) is 35.3 Å². The number of halogens is 3. The van der Waals surface area contributed by atoms with E-state index in [0.29, 0.717) is 0 Å². The predicted molar refractivity (Wildman–Crippen MR) is 101 cm³/mol. The summed E-state index contributed by atoms with van der Waals surface area (Å²) in [6.45, 7) is 0. The van der Waals surface area contributed by atoms with Crippen molar-refractivity contribution in [2.75, 3.05) is 30.4 Å². The van der Waals surface area contributed by atoms with Crippen LogP contribution in [0, 0.1) is 0 Å². The van der Waals surface area contributed by atoms with Crippen LogP contribution in [0.4, 0.5) is 24.5 Å². The minimum Gasteiger partial charge on any atom is -0.469 e. The zero-order valence-electron chi connectivity index (χ0n) is 15.9. The lowest BCUT2D eigenvalue weighted by atomic mass is 10.0. The second-order valence-electron chi connectivity index (χ2n) is 6.76. The SMILES string of the molecule is COC(=O)C[C@H]1c2cc(C(F)(F)F)ccc2S(=O)(=O)N1c1ccc(N(C)C)cc1. The van der Waals surface area contributed by atoms with Gasteiger partial charge < -0.3 is 9.64 Å². The molecule has 0 N–H and O–H groups in total. The van der Waals surface area contributed by atoms with E-state index in [2.05, 4.69) is 4.74 Å². The van der Waals surface area contributed by atoms with Gasteiger partial charge in [-0.2, -0.15) is 13.2 Å². The summed E-state index contributed by atoms with van der Waals surface area (Å²) in [5, 5.41) is 0. The molecule has 29 heavy (non-hydrogen) atoms. The Morgan fingerprint density at radius 3 is 2.28 bits per heavy atom. The van der Waals surface area contributed by atoms with Crippen LogP contribution in [0.3, 0.4) is 0 Å². The molecule has 2 aromatic carbocycles. The first kappa shape index (κ1) is 21.0. The molecule has 0 bridgehead atoms. The van der Waals surface area contributed by atoms with Crippen molar-refractivity contribution in [1.29, 1.82) is 0 Å². The number of hydrogen-bond acceptors (Lipinski definition) is 5. The van der Waals surface area contributed by atoms with Gasteiger partial charge in [0.1, 0.15) is 0 Å². The van der Waals surface area contributed by atoms with Crippen molar-refractivity contribution in [3.63, 3.8) is 0 Å². The molecule has 0 fully saturated rings. The fourth-order valence-corrected chi connectivity index (χ4v) is 5.14. The number of benzene rings is 2. The van der Waals surface area contributed by atoms with Crippen molar-refractivity contribution < 1.29 is 31.1 Å². The Morgan fingerprint density at radius 2 is 1.76 bits per heavy atom. The van der Waals surface area contributed by atoms with Gasteiger partial charge in [-0.15, -0.1) is 0 Å². The molecule has 1 aliphatic rings. The highest BCUT2D eigenvalue weighted by atomic mass is 32.2. The van der Waals surface area contributed by atoms with Crippen LogP contribution in [0.15, 0.2) is 47.4 Å². The smallest absolute Gasteiger partial charge is 0.416 e. The Bertz CT molecular complexity index is 1030. The van der Waals surface area contributed by atoms with Crippen LogP contribution in [0.1, 0.15) is 23.6 Å². The van der Waals surface area contributed by atoms with Crippen LogP contribution in [-0.4, -0.2) is 35.6 Å². The molecule has 0 saturated heterocycles. The molecule has 156 valence electrons. The van der Waals surface area contributed by atoms with E-state index in [4.69, 9.17) is 0 Å². The molecule has 6 nitrogen and oxygen atoms in total. The maximum Gasteiger partial charge on any atom is 0.416 e. The van der Waals surface area contributed by atoms with E-state index >= 15 is 0 Å². The van der Waals surface area contributed by atoms with Crippen LogP contribution in [-0.2, 0) is 25.7 Å². The number of nitrogens with zero attached hydrogens (tertiary/aromatic N) is 2. The number of methoxy groups -OCH3 is 1. The fraction of sp³-hybridized carbons (Fsp3) is 0.316. The Hall–Kier alpha value is -2.75. The molecule has 1 aliphatic heterocycles. The van der Waals surface area contributed by atoms with E-state index in [1.54, 1.807) is 24.3 Å². The summed E-state index contributed by atoms with van der Waals surface area (Å²) < 4.78 is 71.4. The van der Waals surface area contributed by atoms with Gasteiger partial charge in [-0.25, -0.2) is 8.42 Å². The summed E-state index contributed by atoms with van der Waals surface area (Å²) in [5.41, 5.74) is -0.00553. The molecule has 0 saturated carbocycles. The first-order valence-corrected chi connectivity index (χ1v) is 10.0. The van der Waals surface area contributed by atoms with Gasteiger partial charge in [-0.05, 0) is 48.0 Å². The molecule has 0 unspecified atom stereocenters. The predicted octanol–water partition coefficient (Wildman–Crippen LogP) is 3.58. The molecule has 0 aliphatic carbocycles. The molecule has 0 spiro atoms. The number of anilines is 2. The van der Waals surface area contributed by atoms with Gasteiger partial charge in [0.2, 0.25) is 0 Å². The molecule has 0 aromatic heterocycles. The number of esters is 1. The highest BCUT2D eigenvalue weighted by molar-refractivity contribution is 7.93. The Labute approximate surface area is 166 Å². The number of carbonyl (C=O) groups is 1. The van der Waals surface area contributed by atoms with E-state index in [1.807, 2.05) is 19.0 Å². The van der Waals surface area contributed by atoms with E-state index < -0.39 is 40.2 Å². The van der Waals surface area contributed by atoms with Crippen molar-refractivity contribution in [2.24, 2.45) is 0 Å². The third kappa shape index (κ3) is 3.76. The van der Waals surface area contributed by atoms with Crippen molar-refractivity contribution in [3.8, 4) is 0 Å². The Kier molecular flexibility index (Phi) is 5.24. The number of fused-ring (bicyclic) bond motifs is 1. The van der Waals surface area contributed by atoms with Crippen molar-refractivity contribution in [1.82, 2.24) is 0 Å². The van der Waals surface area contributed by atoms with Crippen LogP contribution in [0.2, 0.25) is 0 Å². The van der Waals surface area contributed by atoms with Crippen LogP contribution in [0.25, 0.3) is 0 Å². The van der Waals surface area contributed by atoms with Gasteiger partial charge in [0.05, 0.1) is 35.7 Å². The quantitative estimate of drug-likeness (QED) is 0.697. The van der Waals surface area contributed by atoms with Crippen LogP contribution >= 0.6 is 0 Å². The molecule has 0 radical (unpaired) electrons. The van der Waals surface area contributed by atoms with E-state index in [1.165, 1.54) is 0 Å². The third-order valence-corrected chi connectivity index (χ3v) is 6.64. The largest absolute Gasteiger partial charge is 0.469 e. The number of hydrogen-bond donors (Lipinski definition) is 0. The third-order valence-electron chi connectivity index (χ3n) is 4.72. The van der Waals surface area contributed by atoms with Gasteiger partial charge in [-0.1, -0.05) is 0 Å². The molecule has 1 heterocycles. The van der Waals surface area contributed by atoms with Crippen molar-refractivity contribution in [3.05, 3.63) is 53.6 Å². The van der Waals surface area contributed by atoms with Crippen molar-refractivity contribution >= 4 is 27.4 Å². The number of rotatable bonds is 4. The molecule has 1 atom stereocenters. The highest BCUT2D eigenvalue weighted by Crippen LogP contribution is 2.46. The van der Waals surface area contributed by atoms with Crippen LogP contribution < -0.4 is 9.21 Å². The topological polar surface area (TPSA) is 66.9 Å².